The topological polar surface area (TPSA) is 84.3 Å². The van der Waals surface area contributed by atoms with E-state index in [9.17, 15) is 19.3 Å². The zero-order valence-corrected chi connectivity index (χ0v) is 9.90. The summed E-state index contributed by atoms with van der Waals surface area (Å²) in [5.74, 6) is -0.840. The van der Waals surface area contributed by atoms with Crippen molar-refractivity contribution in [2.45, 2.75) is 13.3 Å². The minimum Gasteiger partial charge on any atom is -0.382 e. The van der Waals surface area contributed by atoms with Gasteiger partial charge in [-0.05, 0) is 13.0 Å². The molecule has 0 saturated carbocycles. The lowest BCUT2D eigenvalue weighted by atomic mass is 10.2. The smallest absolute Gasteiger partial charge is 0.272 e. The van der Waals surface area contributed by atoms with Gasteiger partial charge in [0, 0.05) is 25.6 Å². The van der Waals surface area contributed by atoms with Gasteiger partial charge in [0.05, 0.1) is 16.7 Å². The van der Waals surface area contributed by atoms with Crippen LogP contribution in [0.2, 0.25) is 0 Å². The highest BCUT2D eigenvalue weighted by Gasteiger charge is 2.10. The van der Waals surface area contributed by atoms with Crippen LogP contribution in [0.3, 0.4) is 0 Å². The zero-order valence-electron chi connectivity index (χ0n) is 9.90. The van der Waals surface area contributed by atoms with E-state index in [1.807, 2.05) is 0 Å². The van der Waals surface area contributed by atoms with Gasteiger partial charge >= 0.3 is 0 Å². The Morgan fingerprint density at radius 3 is 2.78 bits per heavy atom. The number of amides is 1. The number of hydrogen-bond donors (Lipinski definition) is 2. The minimum absolute atomic E-state index is 0.132. The summed E-state index contributed by atoms with van der Waals surface area (Å²) >= 11 is 0. The molecule has 1 amide bonds. The predicted molar refractivity (Wildman–Crippen MR) is 64.8 cm³/mol. The minimum atomic E-state index is -0.708. The second-order valence-electron chi connectivity index (χ2n) is 3.55. The van der Waals surface area contributed by atoms with E-state index in [1.54, 1.807) is 6.92 Å². The molecule has 0 aliphatic carbocycles. The molecule has 1 rings (SSSR count). The summed E-state index contributed by atoms with van der Waals surface area (Å²) < 4.78 is 13.4. The van der Waals surface area contributed by atoms with Crippen molar-refractivity contribution in [3.05, 3.63) is 34.1 Å². The van der Waals surface area contributed by atoms with Crippen LogP contribution in [0.1, 0.15) is 13.3 Å². The Labute approximate surface area is 103 Å². The number of non-ortho nitro benzene ring substituents is 1. The van der Waals surface area contributed by atoms with E-state index < -0.39 is 10.7 Å². The third-order valence-electron chi connectivity index (χ3n) is 2.20. The number of nitrogens with zero attached hydrogens (tertiary/aromatic N) is 1. The van der Waals surface area contributed by atoms with E-state index in [1.165, 1.54) is 12.1 Å². The Hall–Kier alpha value is -2.18. The fourth-order valence-corrected chi connectivity index (χ4v) is 1.36. The van der Waals surface area contributed by atoms with Crippen molar-refractivity contribution in [2.75, 3.05) is 18.4 Å². The van der Waals surface area contributed by atoms with Crippen molar-refractivity contribution in [3.63, 3.8) is 0 Å². The Morgan fingerprint density at radius 1 is 1.50 bits per heavy atom. The van der Waals surface area contributed by atoms with Gasteiger partial charge in [-0.25, -0.2) is 4.39 Å². The Morgan fingerprint density at radius 2 is 2.22 bits per heavy atom. The second kappa shape index (κ2) is 6.53. The maximum absolute atomic E-state index is 13.4. The van der Waals surface area contributed by atoms with Crippen LogP contribution in [0, 0.1) is 15.9 Å². The van der Waals surface area contributed by atoms with Crippen LogP contribution in [0.5, 0.6) is 0 Å². The third kappa shape index (κ3) is 4.00. The predicted octanol–water partition coefficient (Wildman–Crippen LogP) is 1.67. The van der Waals surface area contributed by atoms with Crippen LogP contribution in [0.15, 0.2) is 18.2 Å². The first kappa shape index (κ1) is 13.9. The quantitative estimate of drug-likeness (QED) is 0.598. The maximum Gasteiger partial charge on any atom is 0.272 e. The molecule has 0 aliphatic heterocycles. The molecule has 1 aromatic rings. The van der Waals surface area contributed by atoms with Crippen molar-refractivity contribution >= 4 is 17.3 Å². The largest absolute Gasteiger partial charge is 0.382 e. The molecule has 0 bridgehead atoms. The summed E-state index contributed by atoms with van der Waals surface area (Å²) in [6.45, 7) is 2.62. The Kier molecular flexibility index (Phi) is 5.04. The van der Waals surface area contributed by atoms with Gasteiger partial charge < -0.3 is 10.6 Å². The van der Waals surface area contributed by atoms with E-state index in [0.717, 1.165) is 6.07 Å². The van der Waals surface area contributed by atoms with E-state index in [4.69, 9.17) is 0 Å². The fourth-order valence-electron chi connectivity index (χ4n) is 1.36. The molecule has 0 aromatic heterocycles. The number of nitro groups is 1. The van der Waals surface area contributed by atoms with Crippen LogP contribution in [0.4, 0.5) is 15.8 Å². The summed E-state index contributed by atoms with van der Waals surface area (Å²) in [4.78, 5) is 20.9. The van der Waals surface area contributed by atoms with Gasteiger partial charge in [0.1, 0.15) is 0 Å². The van der Waals surface area contributed by atoms with Gasteiger partial charge in [0.25, 0.3) is 5.69 Å². The summed E-state index contributed by atoms with van der Waals surface area (Å²) in [7, 11) is 0. The SMILES string of the molecule is CCNC(=O)CCNc1ccc([N+](=O)[O-])cc1F. The van der Waals surface area contributed by atoms with E-state index in [0.29, 0.717) is 6.54 Å². The van der Waals surface area contributed by atoms with Crippen molar-refractivity contribution < 1.29 is 14.1 Å². The number of carbonyl (C=O) groups excluding carboxylic acids is 1. The molecule has 7 heteroatoms. The Balaban J connectivity index is 2.53. The summed E-state index contributed by atoms with van der Waals surface area (Å²) in [5, 5.41) is 15.7. The average molecular weight is 255 g/mol. The molecule has 0 aliphatic rings. The highest BCUT2D eigenvalue weighted by atomic mass is 19.1. The lowest BCUT2D eigenvalue weighted by Crippen LogP contribution is -2.24. The maximum atomic E-state index is 13.4. The number of hydrogen-bond acceptors (Lipinski definition) is 4. The van der Waals surface area contributed by atoms with Crippen LogP contribution >= 0.6 is 0 Å². The third-order valence-corrected chi connectivity index (χ3v) is 2.20. The second-order valence-corrected chi connectivity index (χ2v) is 3.55. The monoisotopic (exact) mass is 255 g/mol. The molecule has 0 radical (unpaired) electrons. The first-order chi connectivity index (χ1) is 8.54. The van der Waals surface area contributed by atoms with Crippen LogP contribution in [0.25, 0.3) is 0 Å². The van der Waals surface area contributed by atoms with Crippen LogP contribution in [-0.2, 0) is 4.79 Å². The van der Waals surface area contributed by atoms with Gasteiger partial charge in [0.15, 0.2) is 5.82 Å². The van der Waals surface area contributed by atoms with Crippen molar-refractivity contribution in [2.24, 2.45) is 0 Å². The van der Waals surface area contributed by atoms with Gasteiger partial charge in [0.2, 0.25) is 5.91 Å². The molecule has 0 fully saturated rings. The van der Waals surface area contributed by atoms with Crippen LogP contribution < -0.4 is 10.6 Å². The highest BCUT2D eigenvalue weighted by Crippen LogP contribution is 2.20. The zero-order chi connectivity index (χ0) is 13.5. The number of nitrogens with one attached hydrogen (secondary N) is 2. The molecule has 0 unspecified atom stereocenters. The molecular weight excluding hydrogens is 241 g/mol. The molecule has 2 N–H and O–H groups in total. The summed E-state index contributed by atoms with van der Waals surface area (Å²) in [5.41, 5.74) is -0.160. The lowest BCUT2D eigenvalue weighted by molar-refractivity contribution is -0.385. The van der Waals surface area contributed by atoms with Gasteiger partial charge in [-0.1, -0.05) is 0 Å². The normalized spacial score (nSPS) is 9.89. The molecule has 6 nitrogen and oxygen atoms in total. The van der Waals surface area contributed by atoms with Crippen molar-refractivity contribution in [1.29, 1.82) is 0 Å². The number of carbonyl (C=O) groups is 1. The highest BCUT2D eigenvalue weighted by molar-refractivity contribution is 5.76. The molecule has 0 spiro atoms. The lowest BCUT2D eigenvalue weighted by Gasteiger charge is -2.07. The number of halogens is 1. The number of anilines is 1. The first-order valence-electron chi connectivity index (χ1n) is 5.49. The molecular formula is C11H14FN3O3. The first-order valence-corrected chi connectivity index (χ1v) is 5.49. The molecule has 0 heterocycles. The molecule has 1 aromatic carbocycles. The van der Waals surface area contributed by atoms with Gasteiger partial charge in [-0.2, -0.15) is 0 Å². The summed E-state index contributed by atoms with van der Waals surface area (Å²) in [6.07, 6.45) is 0.213. The van der Waals surface area contributed by atoms with Crippen LogP contribution in [-0.4, -0.2) is 23.9 Å². The van der Waals surface area contributed by atoms with E-state index in [-0.39, 0.29) is 30.2 Å². The van der Waals surface area contributed by atoms with Gasteiger partial charge in [-0.15, -0.1) is 0 Å². The van der Waals surface area contributed by atoms with Crippen molar-refractivity contribution in [3.8, 4) is 0 Å². The fraction of sp³-hybridized carbons (Fsp3) is 0.364. The Bertz CT molecular complexity index is 451. The molecule has 18 heavy (non-hydrogen) atoms. The standard InChI is InChI=1S/C11H14FN3O3/c1-2-13-11(16)5-6-14-10-4-3-8(15(17)18)7-9(10)12/h3-4,7,14H,2,5-6H2,1H3,(H,13,16). The van der Waals surface area contributed by atoms with E-state index in [2.05, 4.69) is 10.6 Å². The number of benzene rings is 1. The van der Waals surface area contributed by atoms with Gasteiger partial charge in [-0.3, -0.25) is 14.9 Å². The average Bonchev–Trinajstić information content (AvgIpc) is 2.31. The number of nitro benzene ring substituents is 1. The molecule has 0 atom stereocenters. The molecule has 0 saturated heterocycles. The van der Waals surface area contributed by atoms with E-state index >= 15 is 0 Å². The molecule has 98 valence electrons. The number of rotatable bonds is 6. The summed E-state index contributed by atoms with van der Waals surface area (Å²) in [6, 6.07) is 3.33. The van der Waals surface area contributed by atoms with Crippen molar-refractivity contribution in [1.82, 2.24) is 5.32 Å².